The summed E-state index contributed by atoms with van der Waals surface area (Å²) in [4.78, 5) is 29.8. The molecule has 2 aromatic rings. The van der Waals surface area contributed by atoms with Crippen LogP contribution in [0, 0.1) is 0 Å². The van der Waals surface area contributed by atoms with Crippen molar-refractivity contribution in [2.75, 3.05) is 59.0 Å². The standard InChI is InChI=1S/C25H30N4O5/c1-32-18-10-8-17(9-11-18)23-22(24(30)34-3)19(26-25(31)27-23)16-28-12-14-29(15-13-28)20-6-4-5-7-21(20)33-2/h4-11,23H,12-16H2,1-3H3,(H2,26,27,31). The van der Waals surface area contributed by atoms with Gasteiger partial charge in [0.15, 0.2) is 0 Å². The Hall–Kier alpha value is -3.72. The highest BCUT2D eigenvalue weighted by Crippen LogP contribution is 2.31. The van der Waals surface area contributed by atoms with E-state index in [0.717, 1.165) is 43.2 Å². The number of ether oxygens (including phenoxy) is 3. The molecule has 2 amide bonds. The van der Waals surface area contributed by atoms with Gasteiger partial charge in [0.2, 0.25) is 0 Å². The third-order valence-corrected chi connectivity index (χ3v) is 6.19. The smallest absolute Gasteiger partial charge is 0.338 e. The normalized spacial score (nSPS) is 18.7. The summed E-state index contributed by atoms with van der Waals surface area (Å²) in [6, 6.07) is 14.3. The molecule has 0 bridgehead atoms. The van der Waals surface area contributed by atoms with Gasteiger partial charge in [0.1, 0.15) is 11.5 Å². The average Bonchev–Trinajstić information content (AvgIpc) is 2.88. The van der Waals surface area contributed by atoms with E-state index in [1.165, 1.54) is 7.11 Å². The number of nitrogens with one attached hydrogen (secondary N) is 2. The summed E-state index contributed by atoms with van der Waals surface area (Å²) in [7, 11) is 4.61. The van der Waals surface area contributed by atoms with Crippen LogP contribution in [0.5, 0.6) is 11.5 Å². The van der Waals surface area contributed by atoms with Crippen molar-refractivity contribution >= 4 is 17.7 Å². The largest absolute Gasteiger partial charge is 0.497 e. The van der Waals surface area contributed by atoms with Crippen LogP contribution in [0.4, 0.5) is 10.5 Å². The van der Waals surface area contributed by atoms with Crippen LogP contribution in [0.15, 0.2) is 59.8 Å². The number of piperazine rings is 1. The van der Waals surface area contributed by atoms with Crippen molar-refractivity contribution in [3.8, 4) is 11.5 Å². The van der Waals surface area contributed by atoms with Gasteiger partial charge < -0.3 is 29.7 Å². The number of hydrogen-bond acceptors (Lipinski definition) is 7. The molecule has 2 aliphatic rings. The van der Waals surface area contributed by atoms with Gasteiger partial charge in [-0.3, -0.25) is 4.90 Å². The molecule has 1 unspecified atom stereocenters. The molecule has 2 aromatic carbocycles. The first-order valence-electron chi connectivity index (χ1n) is 11.2. The first-order valence-corrected chi connectivity index (χ1v) is 11.2. The van der Waals surface area contributed by atoms with E-state index < -0.39 is 12.0 Å². The Kier molecular flexibility index (Phi) is 7.22. The van der Waals surface area contributed by atoms with Crippen LogP contribution in [0.2, 0.25) is 0 Å². The van der Waals surface area contributed by atoms with Gasteiger partial charge in [-0.05, 0) is 29.8 Å². The van der Waals surface area contributed by atoms with Crippen LogP contribution >= 0.6 is 0 Å². The third-order valence-electron chi connectivity index (χ3n) is 6.19. The fourth-order valence-corrected chi connectivity index (χ4v) is 4.40. The topological polar surface area (TPSA) is 92.4 Å². The molecule has 1 fully saturated rings. The van der Waals surface area contributed by atoms with Crippen molar-refractivity contribution in [1.82, 2.24) is 15.5 Å². The zero-order valence-electron chi connectivity index (χ0n) is 19.7. The molecule has 9 heteroatoms. The lowest BCUT2D eigenvalue weighted by molar-refractivity contribution is -0.136. The fourth-order valence-electron chi connectivity index (χ4n) is 4.40. The molecule has 1 atom stereocenters. The van der Waals surface area contributed by atoms with Gasteiger partial charge in [0.05, 0.1) is 38.6 Å². The zero-order valence-corrected chi connectivity index (χ0v) is 19.7. The van der Waals surface area contributed by atoms with Gasteiger partial charge in [-0.1, -0.05) is 24.3 Å². The van der Waals surface area contributed by atoms with Gasteiger partial charge in [-0.25, -0.2) is 9.59 Å². The number of esters is 1. The fraction of sp³-hybridized carbons (Fsp3) is 0.360. The van der Waals surface area contributed by atoms with Crippen LogP contribution in [0.1, 0.15) is 11.6 Å². The number of carbonyl (C=O) groups excluding carboxylic acids is 2. The molecule has 0 aromatic heterocycles. The molecule has 0 aliphatic carbocycles. The maximum absolute atomic E-state index is 12.8. The van der Waals surface area contributed by atoms with E-state index in [4.69, 9.17) is 14.2 Å². The van der Waals surface area contributed by atoms with Crippen LogP contribution in [0.25, 0.3) is 0 Å². The molecule has 0 radical (unpaired) electrons. The van der Waals surface area contributed by atoms with E-state index in [0.29, 0.717) is 23.6 Å². The molecule has 1 saturated heterocycles. The Morgan fingerprint density at radius 1 is 0.971 bits per heavy atom. The van der Waals surface area contributed by atoms with Crippen molar-refractivity contribution in [3.05, 3.63) is 65.4 Å². The van der Waals surface area contributed by atoms with E-state index in [1.54, 1.807) is 26.4 Å². The van der Waals surface area contributed by atoms with Crippen molar-refractivity contribution in [2.45, 2.75) is 6.04 Å². The Labute approximate surface area is 199 Å². The summed E-state index contributed by atoms with van der Waals surface area (Å²) in [6.07, 6.45) is 0. The SMILES string of the molecule is COC(=O)C1=C(CN2CCN(c3ccccc3OC)CC2)NC(=O)NC1c1ccc(OC)cc1. The number of methoxy groups -OCH3 is 3. The van der Waals surface area contributed by atoms with E-state index in [2.05, 4.69) is 26.5 Å². The third kappa shape index (κ3) is 4.94. The first kappa shape index (κ1) is 23.4. The molecule has 4 rings (SSSR count). The second-order valence-corrected chi connectivity index (χ2v) is 8.12. The van der Waals surface area contributed by atoms with E-state index in [-0.39, 0.29) is 6.03 Å². The van der Waals surface area contributed by atoms with Gasteiger partial charge in [-0.15, -0.1) is 0 Å². The first-order chi connectivity index (χ1) is 16.5. The number of para-hydroxylation sites is 2. The summed E-state index contributed by atoms with van der Waals surface area (Å²) in [5.74, 6) is 1.07. The molecule has 9 nitrogen and oxygen atoms in total. The van der Waals surface area contributed by atoms with Crippen molar-refractivity contribution in [3.63, 3.8) is 0 Å². The molecule has 2 aliphatic heterocycles. The predicted molar refractivity (Wildman–Crippen MR) is 128 cm³/mol. The average molecular weight is 467 g/mol. The number of anilines is 1. The highest BCUT2D eigenvalue weighted by atomic mass is 16.5. The molecule has 2 heterocycles. The van der Waals surface area contributed by atoms with Crippen molar-refractivity contribution < 1.29 is 23.8 Å². The van der Waals surface area contributed by atoms with Crippen LogP contribution in [0.3, 0.4) is 0 Å². The Balaban J connectivity index is 1.54. The lowest BCUT2D eigenvalue weighted by Gasteiger charge is -2.38. The second kappa shape index (κ2) is 10.5. The minimum atomic E-state index is -0.614. The lowest BCUT2D eigenvalue weighted by atomic mass is 9.95. The number of rotatable bonds is 7. The molecular formula is C25H30N4O5. The van der Waals surface area contributed by atoms with E-state index >= 15 is 0 Å². The molecule has 2 N–H and O–H groups in total. The van der Waals surface area contributed by atoms with Crippen LogP contribution in [-0.2, 0) is 9.53 Å². The predicted octanol–water partition coefficient (Wildman–Crippen LogP) is 2.31. The highest BCUT2D eigenvalue weighted by molar-refractivity contribution is 5.95. The van der Waals surface area contributed by atoms with Crippen molar-refractivity contribution in [2.24, 2.45) is 0 Å². The summed E-state index contributed by atoms with van der Waals surface area (Å²) >= 11 is 0. The van der Waals surface area contributed by atoms with Gasteiger partial charge in [0.25, 0.3) is 0 Å². The Bertz CT molecular complexity index is 1060. The number of amides is 2. The van der Waals surface area contributed by atoms with Crippen molar-refractivity contribution in [1.29, 1.82) is 0 Å². The quantitative estimate of drug-likeness (QED) is 0.605. The van der Waals surface area contributed by atoms with E-state index in [1.807, 2.05) is 30.3 Å². The second-order valence-electron chi connectivity index (χ2n) is 8.12. The monoisotopic (exact) mass is 466 g/mol. The summed E-state index contributed by atoms with van der Waals surface area (Å²) in [5.41, 5.74) is 2.80. The zero-order chi connectivity index (χ0) is 24.1. The maximum atomic E-state index is 12.8. The number of carbonyl (C=O) groups is 2. The van der Waals surface area contributed by atoms with Crippen LogP contribution in [-0.4, -0.2) is 71.0 Å². The van der Waals surface area contributed by atoms with E-state index in [9.17, 15) is 9.59 Å². The van der Waals surface area contributed by atoms with Gasteiger partial charge in [-0.2, -0.15) is 0 Å². The summed E-state index contributed by atoms with van der Waals surface area (Å²) in [6.45, 7) is 3.58. The Morgan fingerprint density at radius 3 is 2.32 bits per heavy atom. The highest BCUT2D eigenvalue weighted by Gasteiger charge is 2.34. The number of urea groups is 1. The molecular weight excluding hydrogens is 436 g/mol. The molecule has 180 valence electrons. The van der Waals surface area contributed by atoms with Gasteiger partial charge in [0, 0.05) is 38.4 Å². The van der Waals surface area contributed by atoms with Gasteiger partial charge >= 0.3 is 12.0 Å². The summed E-state index contributed by atoms with van der Waals surface area (Å²) < 4.78 is 15.8. The Morgan fingerprint density at radius 2 is 1.68 bits per heavy atom. The number of nitrogens with zero attached hydrogens (tertiary/aromatic N) is 2. The number of hydrogen-bond donors (Lipinski definition) is 2. The maximum Gasteiger partial charge on any atom is 0.338 e. The minimum absolute atomic E-state index is 0.351. The summed E-state index contributed by atoms with van der Waals surface area (Å²) in [5, 5.41) is 5.69. The van der Waals surface area contributed by atoms with Crippen LogP contribution < -0.4 is 25.0 Å². The molecule has 0 spiro atoms. The minimum Gasteiger partial charge on any atom is -0.497 e. The molecule has 0 saturated carbocycles. The number of benzene rings is 2. The lowest BCUT2D eigenvalue weighted by Crippen LogP contribution is -2.51. The molecule has 34 heavy (non-hydrogen) atoms.